The molecule has 4 aromatic rings. The van der Waals surface area contributed by atoms with Crippen LogP contribution in [-0.2, 0) is 12.1 Å². The molecule has 0 aliphatic rings. The second-order valence-corrected chi connectivity index (χ2v) is 7.81. The highest BCUT2D eigenvalue weighted by molar-refractivity contribution is 9.10. The molecule has 4 rings (SSSR count). The van der Waals surface area contributed by atoms with Gasteiger partial charge in [-0.15, -0.1) is 0 Å². The maximum atomic E-state index is 14.8. The average Bonchev–Trinajstić information content (AvgIpc) is 3.39. The molecule has 0 unspecified atom stereocenters. The fraction of sp³-hybridized carbons (Fsp3) is 0.190. The number of rotatable bonds is 6. The zero-order valence-electron chi connectivity index (χ0n) is 16.0. The molecule has 0 saturated carbocycles. The lowest BCUT2D eigenvalue weighted by Gasteiger charge is -2.35. The number of nitrogens with zero attached hydrogens (tertiary/aromatic N) is 5. The van der Waals surface area contributed by atoms with Gasteiger partial charge in [0.2, 0.25) is 0 Å². The van der Waals surface area contributed by atoms with Crippen LogP contribution in [0.3, 0.4) is 0 Å². The van der Waals surface area contributed by atoms with Crippen molar-refractivity contribution in [2.24, 2.45) is 0 Å². The van der Waals surface area contributed by atoms with Gasteiger partial charge < -0.3 is 5.11 Å². The summed E-state index contributed by atoms with van der Waals surface area (Å²) < 4.78 is 32.2. The van der Waals surface area contributed by atoms with Crippen LogP contribution in [0.25, 0.3) is 11.3 Å². The van der Waals surface area contributed by atoms with Crippen LogP contribution in [0, 0.1) is 11.6 Å². The largest absolute Gasteiger partial charge is 0.381 e. The third-order valence-electron chi connectivity index (χ3n) is 5.15. The van der Waals surface area contributed by atoms with Gasteiger partial charge in [-0.1, -0.05) is 40.2 Å². The Labute approximate surface area is 179 Å². The maximum absolute atomic E-state index is 14.8. The predicted molar refractivity (Wildman–Crippen MR) is 110 cm³/mol. The molecule has 2 atom stereocenters. The van der Waals surface area contributed by atoms with Crippen LogP contribution in [0.1, 0.15) is 18.5 Å². The SMILES string of the molecule is C[C@@H](n1nccc1-c1ccccc1Br)[C@](O)(Cn1cncn1)c1ccc(F)cc1F. The van der Waals surface area contributed by atoms with Crippen LogP contribution in [0.2, 0.25) is 0 Å². The Kier molecular flexibility index (Phi) is 5.48. The van der Waals surface area contributed by atoms with E-state index in [9.17, 15) is 13.9 Å². The Morgan fingerprint density at radius 1 is 1.13 bits per heavy atom. The molecule has 0 aliphatic carbocycles. The lowest BCUT2D eigenvalue weighted by atomic mass is 9.86. The smallest absolute Gasteiger partial charge is 0.137 e. The summed E-state index contributed by atoms with van der Waals surface area (Å²) in [5, 5.41) is 20.2. The Balaban J connectivity index is 1.85. The molecule has 30 heavy (non-hydrogen) atoms. The van der Waals surface area contributed by atoms with Crippen molar-refractivity contribution in [2.75, 3.05) is 0 Å². The fourth-order valence-electron chi connectivity index (χ4n) is 3.55. The van der Waals surface area contributed by atoms with Crippen molar-refractivity contribution in [3.05, 3.63) is 89.1 Å². The van der Waals surface area contributed by atoms with Gasteiger partial charge in [-0.25, -0.2) is 18.4 Å². The first-order chi connectivity index (χ1) is 14.4. The summed E-state index contributed by atoms with van der Waals surface area (Å²) in [6.45, 7) is 1.62. The number of halogens is 3. The zero-order valence-corrected chi connectivity index (χ0v) is 17.5. The monoisotopic (exact) mass is 473 g/mol. The maximum Gasteiger partial charge on any atom is 0.137 e. The molecular formula is C21H18BrF2N5O. The molecule has 0 fully saturated rings. The van der Waals surface area contributed by atoms with Crippen molar-refractivity contribution in [1.29, 1.82) is 0 Å². The number of aromatic nitrogens is 5. The quantitative estimate of drug-likeness (QED) is 0.452. The Morgan fingerprint density at radius 3 is 2.63 bits per heavy atom. The Hall–Kier alpha value is -2.91. The van der Waals surface area contributed by atoms with E-state index in [1.807, 2.05) is 30.3 Å². The van der Waals surface area contributed by atoms with Gasteiger partial charge in [0.1, 0.15) is 29.9 Å². The van der Waals surface area contributed by atoms with Crippen molar-refractivity contribution in [1.82, 2.24) is 24.5 Å². The summed E-state index contributed by atoms with van der Waals surface area (Å²) in [7, 11) is 0. The molecule has 2 heterocycles. The third kappa shape index (κ3) is 3.66. The van der Waals surface area contributed by atoms with Crippen molar-refractivity contribution in [2.45, 2.75) is 25.1 Å². The summed E-state index contributed by atoms with van der Waals surface area (Å²) in [4.78, 5) is 3.89. The van der Waals surface area contributed by atoms with Gasteiger partial charge in [0.05, 0.1) is 18.3 Å². The molecule has 6 nitrogen and oxygen atoms in total. The van der Waals surface area contributed by atoms with Gasteiger partial charge in [0, 0.05) is 27.9 Å². The van der Waals surface area contributed by atoms with E-state index in [4.69, 9.17) is 0 Å². The molecule has 0 amide bonds. The zero-order chi connectivity index (χ0) is 21.3. The Morgan fingerprint density at radius 2 is 1.93 bits per heavy atom. The predicted octanol–water partition coefficient (Wildman–Crippen LogP) is 4.33. The fourth-order valence-corrected chi connectivity index (χ4v) is 4.04. The van der Waals surface area contributed by atoms with Crippen LogP contribution in [0.15, 0.2) is 71.9 Å². The summed E-state index contributed by atoms with van der Waals surface area (Å²) in [5.74, 6) is -1.57. The summed E-state index contributed by atoms with van der Waals surface area (Å²) >= 11 is 3.54. The number of benzene rings is 2. The van der Waals surface area contributed by atoms with Crippen LogP contribution >= 0.6 is 15.9 Å². The van der Waals surface area contributed by atoms with Gasteiger partial charge in [0.25, 0.3) is 0 Å². The first-order valence-electron chi connectivity index (χ1n) is 9.19. The van der Waals surface area contributed by atoms with Gasteiger partial charge in [-0.3, -0.25) is 4.68 Å². The first-order valence-corrected chi connectivity index (χ1v) is 9.98. The van der Waals surface area contributed by atoms with Crippen LogP contribution < -0.4 is 0 Å². The lowest BCUT2D eigenvalue weighted by molar-refractivity contribution is -0.0363. The lowest BCUT2D eigenvalue weighted by Crippen LogP contribution is -2.41. The summed E-state index contributed by atoms with van der Waals surface area (Å²) in [6, 6.07) is 11.8. The van der Waals surface area contributed by atoms with Crippen LogP contribution in [0.5, 0.6) is 0 Å². The Bertz CT molecular complexity index is 1160. The molecule has 0 bridgehead atoms. The highest BCUT2D eigenvalue weighted by Crippen LogP contribution is 2.39. The van der Waals surface area contributed by atoms with E-state index in [1.54, 1.807) is 17.8 Å². The molecule has 9 heteroatoms. The molecule has 0 radical (unpaired) electrons. The van der Waals surface area contributed by atoms with E-state index in [0.717, 1.165) is 27.9 Å². The van der Waals surface area contributed by atoms with Gasteiger partial charge >= 0.3 is 0 Å². The van der Waals surface area contributed by atoms with Gasteiger partial charge in [0.15, 0.2) is 0 Å². The van der Waals surface area contributed by atoms with E-state index in [1.165, 1.54) is 23.4 Å². The summed E-state index contributed by atoms with van der Waals surface area (Å²) in [5.41, 5.74) is -0.257. The van der Waals surface area contributed by atoms with E-state index in [2.05, 4.69) is 31.1 Å². The van der Waals surface area contributed by atoms with E-state index in [0.29, 0.717) is 0 Å². The number of aliphatic hydroxyl groups is 1. The van der Waals surface area contributed by atoms with Crippen molar-refractivity contribution in [3.63, 3.8) is 0 Å². The molecule has 1 N–H and O–H groups in total. The first kappa shape index (κ1) is 20.4. The van der Waals surface area contributed by atoms with Crippen molar-refractivity contribution in [3.8, 4) is 11.3 Å². The highest BCUT2D eigenvalue weighted by Gasteiger charge is 2.41. The van der Waals surface area contributed by atoms with E-state index >= 15 is 0 Å². The second-order valence-electron chi connectivity index (χ2n) is 6.96. The minimum Gasteiger partial charge on any atom is -0.381 e. The van der Waals surface area contributed by atoms with Crippen molar-refractivity contribution < 1.29 is 13.9 Å². The van der Waals surface area contributed by atoms with Crippen LogP contribution in [-0.4, -0.2) is 29.7 Å². The molecular weight excluding hydrogens is 456 g/mol. The summed E-state index contributed by atoms with van der Waals surface area (Å²) in [6.07, 6.45) is 4.37. The molecule has 2 aromatic heterocycles. The molecule has 0 spiro atoms. The van der Waals surface area contributed by atoms with Crippen molar-refractivity contribution >= 4 is 15.9 Å². The van der Waals surface area contributed by atoms with Gasteiger partial charge in [-0.05, 0) is 25.1 Å². The molecule has 0 aliphatic heterocycles. The number of hydrogen-bond acceptors (Lipinski definition) is 4. The van der Waals surface area contributed by atoms with E-state index < -0.39 is 23.3 Å². The minimum absolute atomic E-state index is 0.0551. The minimum atomic E-state index is -1.80. The third-order valence-corrected chi connectivity index (χ3v) is 5.84. The normalized spacial score (nSPS) is 14.4. The molecule has 2 aromatic carbocycles. The topological polar surface area (TPSA) is 68.8 Å². The van der Waals surface area contributed by atoms with E-state index in [-0.39, 0.29) is 12.1 Å². The molecule has 154 valence electrons. The standard InChI is InChI=1S/C21H18BrF2N5O/c1-14(29-20(8-9-26-29)16-4-2-3-5-18(16)22)21(30,11-28-13-25-12-27-28)17-7-6-15(23)10-19(17)24/h2-10,12-14,30H,11H2,1H3/t14-,21-/m1/s1. The number of hydrogen-bond donors (Lipinski definition) is 1. The average molecular weight is 474 g/mol. The second kappa shape index (κ2) is 8.08. The van der Waals surface area contributed by atoms with Crippen LogP contribution in [0.4, 0.5) is 8.78 Å². The van der Waals surface area contributed by atoms with Gasteiger partial charge in [-0.2, -0.15) is 10.2 Å². The highest BCUT2D eigenvalue weighted by atomic mass is 79.9. The molecule has 0 saturated heterocycles.